The molecule has 2 rings (SSSR count). The molecule has 0 aliphatic rings. The lowest BCUT2D eigenvalue weighted by atomic mass is 10.3. The van der Waals surface area contributed by atoms with Gasteiger partial charge in [0.15, 0.2) is 0 Å². The van der Waals surface area contributed by atoms with Crippen LogP contribution in [0.15, 0.2) is 30.3 Å². The van der Waals surface area contributed by atoms with E-state index in [1.54, 1.807) is 12.1 Å². The minimum Gasteiger partial charge on any atom is -0.436 e. The van der Waals surface area contributed by atoms with Crippen LogP contribution in [-0.2, 0) is 6.54 Å². The van der Waals surface area contributed by atoms with Crippen LogP contribution in [0.4, 0.5) is 4.39 Å². The molecule has 6 heteroatoms. The number of aromatic nitrogens is 2. The maximum absolute atomic E-state index is 12.8. The molecule has 2 aromatic rings. The summed E-state index contributed by atoms with van der Waals surface area (Å²) in [4.78, 5) is 0. The third kappa shape index (κ3) is 3.15. The van der Waals surface area contributed by atoms with E-state index in [9.17, 15) is 4.39 Å². The Morgan fingerprint density at radius 1 is 1.28 bits per heavy atom. The fraction of sp³-hybridized carbons (Fsp3) is 0.167. The molecule has 18 heavy (non-hydrogen) atoms. The highest BCUT2D eigenvalue weighted by atomic mass is 35.5. The van der Waals surface area contributed by atoms with Crippen LogP contribution >= 0.6 is 11.6 Å². The summed E-state index contributed by atoms with van der Waals surface area (Å²) >= 11 is 5.84. The number of hydrogen-bond donors (Lipinski definition) is 1. The fourth-order valence-corrected chi connectivity index (χ4v) is 1.55. The van der Waals surface area contributed by atoms with Crippen molar-refractivity contribution in [1.82, 2.24) is 15.5 Å². The largest absolute Gasteiger partial charge is 0.436 e. The molecule has 0 atom stereocenters. The molecule has 0 radical (unpaired) electrons. The Bertz CT molecular complexity index is 533. The summed E-state index contributed by atoms with van der Waals surface area (Å²) in [6, 6.07) is 7.36. The predicted octanol–water partition coefficient (Wildman–Crippen LogP) is 2.78. The number of ether oxygens (including phenoxy) is 1. The molecular formula is C12H11ClFN3O. The van der Waals surface area contributed by atoms with Gasteiger partial charge in [0.2, 0.25) is 5.88 Å². The maximum atomic E-state index is 12.8. The zero-order valence-corrected chi connectivity index (χ0v) is 10.4. The van der Waals surface area contributed by atoms with Crippen molar-refractivity contribution in [1.29, 1.82) is 0 Å². The first-order chi connectivity index (χ1) is 8.69. The predicted molar refractivity (Wildman–Crippen MR) is 66.3 cm³/mol. The molecule has 4 nitrogen and oxygen atoms in total. The molecule has 1 N–H and O–H groups in total. The van der Waals surface area contributed by atoms with E-state index < -0.39 is 5.82 Å². The molecule has 0 saturated heterocycles. The summed E-state index contributed by atoms with van der Waals surface area (Å²) in [7, 11) is 1.82. The number of nitrogens with zero attached hydrogens (tertiary/aromatic N) is 2. The van der Waals surface area contributed by atoms with E-state index in [0.29, 0.717) is 18.2 Å². The average Bonchev–Trinajstić information content (AvgIpc) is 2.35. The van der Waals surface area contributed by atoms with Crippen molar-refractivity contribution in [3.8, 4) is 11.6 Å². The molecule has 94 valence electrons. The van der Waals surface area contributed by atoms with Gasteiger partial charge >= 0.3 is 0 Å². The van der Waals surface area contributed by atoms with Gasteiger partial charge in [0.25, 0.3) is 0 Å². The lowest BCUT2D eigenvalue weighted by Gasteiger charge is -2.06. The minimum absolute atomic E-state index is 0.191. The Morgan fingerprint density at radius 3 is 2.72 bits per heavy atom. The number of hydrogen-bond acceptors (Lipinski definition) is 4. The lowest BCUT2D eigenvalue weighted by molar-refractivity contribution is 0.452. The smallest absolute Gasteiger partial charge is 0.238 e. The lowest BCUT2D eigenvalue weighted by Crippen LogP contribution is -2.07. The van der Waals surface area contributed by atoms with Crippen LogP contribution < -0.4 is 10.1 Å². The molecule has 0 fully saturated rings. The number of rotatable bonds is 4. The molecule has 1 aromatic carbocycles. The summed E-state index contributed by atoms with van der Waals surface area (Å²) < 4.78 is 18.3. The van der Waals surface area contributed by atoms with Gasteiger partial charge in [0.1, 0.15) is 11.6 Å². The maximum Gasteiger partial charge on any atom is 0.238 e. The van der Waals surface area contributed by atoms with E-state index in [4.69, 9.17) is 16.3 Å². The minimum atomic E-state index is -0.414. The summed E-state index contributed by atoms with van der Waals surface area (Å²) in [6.07, 6.45) is 0. The van der Waals surface area contributed by atoms with Gasteiger partial charge in [-0.3, -0.25) is 0 Å². The Kier molecular flexibility index (Phi) is 4.07. The van der Waals surface area contributed by atoms with Gasteiger partial charge in [-0.2, -0.15) is 5.10 Å². The van der Waals surface area contributed by atoms with Crippen molar-refractivity contribution in [3.63, 3.8) is 0 Å². The van der Waals surface area contributed by atoms with Crippen LogP contribution in [0.1, 0.15) is 5.69 Å². The Hall–Kier alpha value is -1.72. The van der Waals surface area contributed by atoms with E-state index in [1.807, 2.05) is 7.05 Å². The highest BCUT2D eigenvalue weighted by Crippen LogP contribution is 2.28. The topological polar surface area (TPSA) is 47.0 Å². The zero-order chi connectivity index (χ0) is 13.0. The summed E-state index contributed by atoms with van der Waals surface area (Å²) in [6.45, 7) is 0.630. The van der Waals surface area contributed by atoms with E-state index in [2.05, 4.69) is 15.5 Å². The molecule has 0 aliphatic heterocycles. The second kappa shape index (κ2) is 5.75. The first kappa shape index (κ1) is 12.7. The monoisotopic (exact) mass is 267 g/mol. The fourth-order valence-electron chi connectivity index (χ4n) is 1.35. The van der Waals surface area contributed by atoms with Crippen LogP contribution in [0.2, 0.25) is 5.02 Å². The quantitative estimate of drug-likeness (QED) is 0.925. The molecule has 1 heterocycles. The molecule has 0 unspecified atom stereocenters. The number of nitrogens with one attached hydrogen (secondary N) is 1. The van der Waals surface area contributed by atoms with Gasteiger partial charge in [-0.15, -0.1) is 5.10 Å². The van der Waals surface area contributed by atoms with E-state index in [1.165, 1.54) is 18.2 Å². The summed E-state index contributed by atoms with van der Waals surface area (Å²) in [5.41, 5.74) is 0.801. The van der Waals surface area contributed by atoms with E-state index in [-0.39, 0.29) is 5.02 Å². The summed E-state index contributed by atoms with van der Waals surface area (Å²) in [5.74, 6) is 0.236. The first-order valence-electron chi connectivity index (χ1n) is 5.29. The average molecular weight is 268 g/mol. The SMILES string of the molecule is CNCc1ccc(Oc2ccc(F)cc2Cl)nn1. The second-order valence-electron chi connectivity index (χ2n) is 3.57. The van der Waals surface area contributed by atoms with E-state index >= 15 is 0 Å². The Balaban J connectivity index is 2.13. The number of halogens is 2. The van der Waals surface area contributed by atoms with Crippen molar-refractivity contribution >= 4 is 11.6 Å². The van der Waals surface area contributed by atoms with Crippen molar-refractivity contribution in [2.75, 3.05) is 7.05 Å². The number of benzene rings is 1. The standard InChI is InChI=1S/C12H11ClFN3O/c1-15-7-9-3-5-12(17-16-9)18-11-4-2-8(14)6-10(11)13/h2-6,15H,7H2,1H3. The molecule has 0 bridgehead atoms. The molecule has 0 amide bonds. The molecule has 0 spiro atoms. The van der Waals surface area contributed by atoms with Crippen molar-refractivity contribution in [3.05, 3.63) is 46.9 Å². The van der Waals surface area contributed by atoms with Gasteiger partial charge in [0.05, 0.1) is 10.7 Å². The van der Waals surface area contributed by atoms with Crippen molar-refractivity contribution in [2.24, 2.45) is 0 Å². The highest BCUT2D eigenvalue weighted by molar-refractivity contribution is 6.32. The molecule has 0 aliphatic carbocycles. The van der Waals surface area contributed by atoms with Crippen LogP contribution in [0.25, 0.3) is 0 Å². The first-order valence-corrected chi connectivity index (χ1v) is 5.67. The van der Waals surface area contributed by atoms with Crippen molar-refractivity contribution < 1.29 is 9.13 Å². The Morgan fingerprint density at radius 2 is 2.11 bits per heavy atom. The third-order valence-electron chi connectivity index (χ3n) is 2.16. The molecule has 1 aromatic heterocycles. The van der Waals surface area contributed by atoms with Gasteiger partial charge in [-0.25, -0.2) is 4.39 Å². The van der Waals surface area contributed by atoms with Crippen LogP contribution in [0, 0.1) is 5.82 Å². The van der Waals surface area contributed by atoms with Crippen LogP contribution in [0.3, 0.4) is 0 Å². The molecule has 0 saturated carbocycles. The van der Waals surface area contributed by atoms with Crippen molar-refractivity contribution in [2.45, 2.75) is 6.54 Å². The van der Waals surface area contributed by atoms with Crippen LogP contribution in [-0.4, -0.2) is 17.2 Å². The normalized spacial score (nSPS) is 10.4. The highest BCUT2D eigenvalue weighted by Gasteiger charge is 2.06. The van der Waals surface area contributed by atoms with Gasteiger partial charge in [-0.1, -0.05) is 11.6 Å². The zero-order valence-electron chi connectivity index (χ0n) is 9.65. The van der Waals surface area contributed by atoms with Gasteiger partial charge in [-0.05, 0) is 31.3 Å². The van der Waals surface area contributed by atoms with Gasteiger partial charge < -0.3 is 10.1 Å². The summed E-state index contributed by atoms with van der Waals surface area (Å²) in [5, 5.41) is 11.0. The second-order valence-corrected chi connectivity index (χ2v) is 3.98. The Labute approximate surface area is 109 Å². The third-order valence-corrected chi connectivity index (χ3v) is 2.46. The van der Waals surface area contributed by atoms with E-state index in [0.717, 1.165) is 5.69 Å². The molecular weight excluding hydrogens is 257 g/mol. The van der Waals surface area contributed by atoms with Gasteiger partial charge in [0, 0.05) is 12.6 Å². The van der Waals surface area contributed by atoms with Crippen LogP contribution in [0.5, 0.6) is 11.6 Å².